The molecular formula is C19H18Cl3N5O2S. The standard InChI is InChI=1S/C19H18Cl3N5O2S/c1-3-27-18(11(2)29-15-6-4-12(20)8-14(15)22)25-26-19(27)30-10-17(28)24-16-7-5-13(21)9-23-16/h4-9,11H,3,10H2,1-2H3,(H,23,24,28). The fourth-order valence-electron chi connectivity index (χ4n) is 2.58. The molecule has 1 N–H and O–H groups in total. The molecule has 1 aromatic carbocycles. The molecule has 0 saturated heterocycles. The van der Waals surface area contributed by atoms with Crippen molar-refractivity contribution >= 4 is 58.3 Å². The first-order chi connectivity index (χ1) is 14.4. The van der Waals surface area contributed by atoms with E-state index in [9.17, 15) is 4.79 Å². The van der Waals surface area contributed by atoms with Crippen LogP contribution in [0.15, 0.2) is 41.7 Å². The first-order valence-electron chi connectivity index (χ1n) is 8.96. The van der Waals surface area contributed by atoms with E-state index in [2.05, 4.69) is 20.5 Å². The molecule has 0 fully saturated rings. The summed E-state index contributed by atoms with van der Waals surface area (Å²) in [4.78, 5) is 16.2. The van der Waals surface area contributed by atoms with Gasteiger partial charge >= 0.3 is 0 Å². The van der Waals surface area contributed by atoms with Crippen LogP contribution in [0.25, 0.3) is 0 Å². The highest BCUT2D eigenvalue weighted by Gasteiger charge is 2.20. The maximum atomic E-state index is 12.2. The molecule has 0 bridgehead atoms. The Morgan fingerprint density at radius 3 is 2.63 bits per heavy atom. The van der Waals surface area contributed by atoms with E-state index in [1.165, 1.54) is 18.0 Å². The zero-order chi connectivity index (χ0) is 21.7. The van der Waals surface area contributed by atoms with E-state index in [-0.39, 0.29) is 11.7 Å². The summed E-state index contributed by atoms with van der Waals surface area (Å²) in [5.41, 5.74) is 0. The summed E-state index contributed by atoms with van der Waals surface area (Å²) in [6, 6.07) is 8.32. The van der Waals surface area contributed by atoms with Crippen molar-refractivity contribution in [1.82, 2.24) is 19.7 Å². The minimum absolute atomic E-state index is 0.153. The molecule has 2 heterocycles. The van der Waals surface area contributed by atoms with Crippen molar-refractivity contribution in [2.24, 2.45) is 0 Å². The average molecular weight is 487 g/mol. The number of nitrogens with one attached hydrogen (secondary N) is 1. The van der Waals surface area contributed by atoms with E-state index >= 15 is 0 Å². The van der Waals surface area contributed by atoms with Crippen LogP contribution in [0.5, 0.6) is 5.75 Å². The van der Waals surface area contributed by atoms with Gasteiger partial charge in [-0.05, 0) is 44.2 Å². The van der Waals surface area contributed by atoms with Gasteiger partial charge in [0.25, 0.3) is 0 Å². The van der Waals surface area contributed by atoms with Crippen LogP contribution in [-0.2, 0) is 11.3 Å². The molecule has 30 heavy (non-hydrogen) atoms. The third kappa shape index (κ3) is 5.78. The average Bonchev–Trinajstić information content (AvgIpc) is 3.13. The zero-order valence-electron chi connectivity index (χ0n) is 16.1. The Kier molecular flexibility index (Phi) is 7.82. The van der Waals surface area contributed by atoms with Gasteiger partial charge in [-0.3, -0.25) is 4.79 Å². The number of anilines is 1. The van der Waals surface area contributed by atoms with E-state index < -0.39 is 6.10 Å². The SMILES string of the molecule is CCn1c(SCC(=O)Nc2ccc(Cl)cn2)nnc1C(C)Oc1ccc(Cl)cc1Cl. The Bertz CT molecular complexity index is 1030. The van der Waals surface area contributed by atoms with Crippen molar-refractivity contribution in [3.05, 3.63) is 57.4 Å². The number of pyridine rings is 1. The van der Waals surface area contributed by atoms with Gasteiger partial charge in [0, 0.05) is 17.8 Å². The normalized spacial score (nSPS) is 11.9. The van der Waals surface area contributed by atoms with Gasteiger partial charge in [0.1, 0.15) is 11.6 Å². The highest BCUT2D eigenvalue weighted by molar-refractivity contribution is 7.99. The Morgan fingerprint density at radius 2 is 1.97 bits per heavy atom. The lowest BCUT2D eigenvalue weighted by Gasteiger charge is -2.16. The lowest BCUT2D eigenvalue weighted by Crippen LogP contribution is -2.16. The summed E-state index contributed by atoms with van der Waals surface area (Å²) in [5, 5.41) is 13.2. The minimum atomic E-state index is -0.405. The van der Waals surface area contributed by atoms with Crippen LogP contribution >= 0.6 is 46.6 Å². The number of halogens is 3. The number of thioether (sulfide) groups is 1. The molecule has 1 amide bonds. The number of hydrogen-bond acceptors (Lipinski definition) is 6. The van der Waals surface area contributed by atoms with E-state index in [1.807, 2.05) is 18.4 Å². The summed E-state index contributed by atoms with van der Waals surface area (Å²) in [6.07, 6.45) is 1.07. The number of benzene rings is 1. The van der Waals surface area contributed by atoms with Crippen LogP contribution in [-0.4, -0.2) is 31.4 Å². The number of amides is 1. The predicted molar refractivity (Wildman–Crippen MR) is 120 cm³/mol. The van der Waals surface area contributed by atoms with Crippen LogP contribution in [0, 0.1) is 0 Å². The number of rotatable bonds is 8. The number of carbonyl (C=O) groups excluding carboxylic acids is 1. The smallest absolute Gasteiger partial charge is 0.236 e. The molecule has 11 heteroatoms. The number of aromatic nitrogens is 4. The molecule has 2 aromatic heterocycles. The zero-order valence-corrected chi connectivity index (χ0v) is 19.2. The molecule has 1 unspecified atom stereocenters. The van der Waals surface area contributed by atoms with E-state index in [4.69, 9.17) is 39.5 Å². The highest BCUT2D eigenvalue weighted by Crippen LogP contribution is 2.31. The topological polar surface area (TPSA) is 81.9 Å². The van der Waals surface area contributed by atoms with Gasteiger partial charge in [-0.25, -0.2) is 4.98 Å². The maximum Gasteiger partial charge on any atom is 0.236 e. The molecule has 3 aromatic rings. The van der Waals surface area contributed by atoms with Gasteiger partial charge in [-0.1, -0.05) is 46.6 Å². The minimum Gasteiger partial charge on any atom is -0.481 e. The van der Waals surface area contributed by atoms with Crippen molar-refractivity contribution in [2.45, 2.75) is 31.7 Å². The van der Waals surface area contributed by atoms with E-state index in [0.717, 1.165) is 0 Å². The third-order valence-electron chi connectivity index (χ3n) is 3.95. The largest absolute Gasteiger partial charge is 0.481 e. The summed E-state index contributed by atoms with van der Waals surface area (Å²) < 4.78 is 7.83. The number of hydrogen-bond donors (Lipinski definition) is 1. The van der Waals surface area contributed by atoms with Crippen molar-refractivity contribution in [3.63, 3.8) is 0 Å². The lowest BCUT2D eigenvalue weighted by atomic mass is 10.3. The Hall–Kier alpha value is -2.00. The fraction of sp³-hybridized carbons (Fsp3) is 0.263. The molecule has 7 nitrogen and oxygen atoms in total. The van der Waals surface area contributed by atoms with Crippen molar-refractivity contribution in [1.29, 1.82) is 0 Å². The van der Waals surface area contributed by atoms with Crippen LogP contribution in [0.2, 0.25) is 15.1 Å². The fourth-order valence-corrected chi connectivity index (χ4v) is 3.95. The van der Waals surface area contributed by atoms with Crippen LogP contribution < -0.4 is 10.1 Å². The van der Waals surface area contributed by atoms with Crippen LogP contribution in [0.1, 0.15) is 25.8 Å². The monoisotopic (exact) mass is 485 g/mol. The molecule has 0 saturated carbocycles. The van der Waals surface area contributed by atoms with Gasteiger partial charge in [0.2, 0.25) is 5.91 Å². The first-order valence-corrected chi connectivity index (χ1v) is 11.1. The number of carbonyl (C=O) groups is 1. The molecule has 0 aliphatic carbocycles. The summed E-state index contributed by atoms with van der Waals surface area (Å²) in [7, 11) is 0. The Labute approximate surface area is 193 Å². The van der Waals surface area contributed by atoms with Gasteiger partial charge in [0.05, 0.1) is 15.8 Å². The Balaban J connectivity index is 1.64. The summed E-state index contributed by atoms with van der Waals surface area (Å²) in [5.74, 6) is 1.51. The summed E-state index contributed by atoms with van der Waals surface area (Å²) in [6.45, 7) is 4.44. The molecule has 3 rings (SSSR count). The number of nitrogens with zero attached hydrogens (tertiary/aromatic N) is 4. The second-order valence-corrected chi connectivity index (χ2v) is 8.34. The van der Waals surface area contributed by atoms with E-state index in [1.54, 1.807) is 30.3 Å². The van der Waals surface area contributed by atoms with Crippen molar-refractivity contribution in [2.75, 3.05) is 11.1 Å². The van der Waals surface area contributed by atoms with Crippen molar-refractivity contribution < 1.29 is 9.53 Å². The molecule has 0 radical (unpaired) electrons. The molecule has 0 spiro atoms. The van der Waals surface area contributed by atoms with Crippen LogP contribution in [0.4, 0.5) is 5.82 Å². The van der Waals surface area contributed by atoms with Crippen molar-refractivity contribution in [3.8, 4) is 5.75 Å². The first kappa shape index (κ1) is 22.7. The quantitative estimate of drug-likeness (QED) is 0.422. The molecule has 0 aliphatic rings. The van der Waals surface area contributed by atoms with Gasteiger partial charge in [-0.15, -0.1) is 10.2 Å². The lowest BCUT2D eigenvalue weighted by molar-refractivity contribution is -0.113. The van der Waals surface area contributed by atoms with Gasteiger partial charge < -0.3 is 14.6 Å². The predicted octanol–water partition coefficient (Wildman–Crippen LogP) is 5.52. The maximum absolute atomic E-state index is 12.2. The van der Waals surface area contributed by atoms with E-state index in [0.29, 0.717) is 44.2 Å². The van der Waals surface area contributed by atoms with Crippen LogP contribution in [0.3, 0.4) is 0 Å². The molecule has 1 atom stereocenters. The second-order valence-electron chi connectivity index (χ2n) is 6.12. The number of ether oxygens (including phenoxy) is 1. The second kappa shape index (κ2) is 10.3. The molecule has 0 aliphatic heterocycles. The summed E-state index contributed by atoms with van der Waals surface area (Å²) >= 11 is 19.2. The molecule has 158 valence electrons. The van der Waals surface area contributed by atoms with Gasteiger partial charge in [0.15, 0.2) is 17.1 Å². The highest BCUT2D eigenvalue weighted by atomic mass is 35.5. The van der Waals surface area contributed by atoms with Gasteiger partial charge in [-0.2, -0.15) is 0 Å². The Morgan fingerprint density at radius 1 is 1.20 bits per heavy atom. The third-order valence-corrected chi connectivity index (χ3v) is 5.67. The molecular weight excluding hydrogens is 469 g/mol.